The molecule has 0 aliphatic heterocycles. The molecular formula is C9H12F3N2O+. The molecule has 1 aromatic heterocycles. The molecule has 1 aromatic rings. The molecule has 0 saturated carbocycles. The van der Waals surface area contributed by atoms with Crippen LogP contribution >= 0.6 is 0 Å². The molecule has 1 rings (SSSR count). The Morgan fingerprint density at radius 3 is 2.47 bits per heavy atom. The van der Waals surface area contributed by atoms with Gasteiger partial charge >= 0.3 is 6.18 Å². The number of nitrogens with one attached hydrogen (secondary N) is 1. The fourth-order valence-corrected chi connectivity index (χ4v) is 1.24. The molecule has 0 fully saturated rings. The summed E-state index contributed by atoms with van der Waals surface area (Å²) in [6.07, 6.45) is -4.47. The molecule has 6 heteroatoms. The van der Waals surface area contributed by atoms with Crippen LogP contribution in [0.1, 0.15) is 11.7 Å². The van der Waals surface area contributed by atoms with Crippen molar-refractivity contribution in [2.45, 2.75) is 12.3 Å². The zero-order valence-electron chi connectivity index (χ0n) is 8.34. The first kappa shape index (κ1) is 11.8. The Hall–Kier alpha value is -1.30. The van der Waals surface area contributed by atoms with Crippen LogP contribution in [0, 0.1) is 0 Å². The van der Waals surface area contributed by atoms with Crippen LogP contribution in [0.2, 0.25) is 0 Å². The number of nitrogens with zero attached hydrogens (tertiary/aromatic N) is 1. The molecule has 84 valence electrons. The number of aromatic nitrogens is 1. The van der Waals surface area contributed by atoms with E-state index in [0.717, 1.165) is 6.20 Å². The number of aliphatic hydroxyl groups is 1. The number of H-pyrrole nitrogens is 1. The molecule has 15 heavy (non-hydrogen) atoms. The Morgan fingerprint density at radius 2 is 2.00 bits per heavy atom. The molecule has 0 bridgehead atoms. The molecule has 0 radical (unpaired) electrons. The summed E-state index contributed by atoms with van der Waals surface area (Å²) in [7, 11) is 3.23. The first-order valence-corrected chi connectivity index (χ1v) is 4.26. The minimum absolute atomic E-state index is 0.185. The Bertz CT molecular complexity index is 338. The van der Waals surface area contributed by atoms with Crippen molar-refractivity contribution in [2.75, 3.05) is 19.0 Å². The van der Waals surface area contributed by atoms with Crippen molar-refractivity contribution in [3.05, 3.63) is 24.0 Å². The fourth-order valence-electron chi connectivity index (χ4n) is 1.24. The quantitative estimate of drug-likeness (QED) is 0.813. The molecule has 0 spiro atoms. The number of alkyl halides is 3. The lowest BCUT2D eigenvalue weighted by molar-refractivity contribution is -0.380. The van der Waals surface area contributed by atoms with E-state index < -0.39 is 12.3 Å². The summed E-state index contributed by atoms with van der Waals surface area (Å²) in [5, 5.41) is 9.12. The summed E-state index contributed by atoms with van der Waals surface area (Å²) < 4.78 is 36.9. The Balaban J connectivity index is 3.14. The van der Waals surface area contributed by atoms with Crippen LogP contribution in [0.15, 0.2) is 18.5 Å². The summed E-state index contributed by atoms with van der Waals surface area (Å²) in [5.74, 6) is 0. The van der Waals surface area contributed by atoms with Crippen LogP contribution in [0.25, 0.3) is 0 Å². The number of hydrogen-bond acceptors (Lipinski definition) is 2. The van der Waals surface area contributed by atoms with Crippen molar-refractivity contribution in [2.24, 2.45) is 0 Å². The first-order chi connectivity index (χ1) is 6.84. The highest BCUT2D eigenvalue weighted by Gasteiger charge is 2.41. The summed E-state index contributed by atoms with van der Waals surface area (Å²) >= 11 is 0. The monoisotopic (exact) mass is 221 g/mol. The van der Waals surface area contributed by atoms with Crippen molar-refractivity contribution in [1.82, 2.24) is 0 Å². The van der Waals surface area contributed by atoms with E-state index in [1.165, 1.54) is 17.2 Å². The molecule has 0 unspecified atom stereocenters. The second-order valence-electron chi connectivity index (χ2n) is 3.32. The van der Waals surface area contributed by atoms with E-state index in [2.05, 4.69) is 4.98 Å². The molecule has 1 heterocycles. The summed E-state index contributed by atoms with van der Waals surface area (Å²) in [5.41, 5.74) is 0.147. The maximum Gasteiger partial charge on any atom is 0.418 e. The van der Waals surface area contributed by atoms with E-state index in [1.807, 2.05) is 0 Å². The van der Waals surface area contributed by atoms with Gasteiger partial charge in [0.25, 0.3) is 0 Å². The van der Waals surface area contributed by atoms with Gasteiger partial charge in [-0.05, 0) is 0 Å². The van der Waals surface area contributed by atoms with Gasteiger partial charge in [0.05, 0.1) is 11.3 Å². The molecule has 0 aliphatic carbocycles. The molecule has 2 N–H and O–H groups in total. The van der Waals surface area contributed by atoms with Gasteiger partial charge in [0.15, 0.2) is 18.5 Å². The van der Waals surface area contributed by atoms with E-state index in [1.54, 1.807) is 14.1 Å². The SMILES string of the molecule is CN(C)c1cc[nH+]cc1[C@@H](O)C(F)(F)F. The van der Waals surface area contributed by atoms with Crippen LogP contribution in [-0.4, -0.2) is 25.4 Å². The fraction of sp³-hybridized carbons (Fsp3) is 0.444. The van der Waals surface area contributed by atoms with E-state index in [9.17, 15) is 13.2 Å². The summed E-state index contributed by atoms with van der Waals surface area (Å²) in [6, 6.07) is 1.48. The lowest BCUT2D eigenvalue weighted by Gasteiger charge is -2.20. The summed E-state index contributed by atoms with van der Waals surface area (Å²) in [4.78, 5) is 4.03. The van der Waals surface area contributed by atoms with Gasteiger partial charge in [-0.15, -0.1) is 0 Å². The van der Waals surface area contributed by atoms with Gasteiger partial charge in [-0.3, -0.25) is 0 Å². The average Bonchev–Trinajstić information content (AvgIpc) is 2.15. The largest absolute Gasteiger partial charge is 0.418 e. The molecule has 1 atom stereocenters. The van der Waals surface area contributed by atoms with Gasteiger partial charge in [-0.25, -0.2) is 4.98 Å². The lowest BCUT2D eigenvalue weighted by atomic mass is 10.1. The molecule has 0 amide bonds. The van der Waals surface area contributed by atoms with Gasteiger partial charge in [-0.1, -0.05) is 0 Å². The van der Waals surface area contributed by atoms with Crippen molar-refractivity contribution < 1.29 is 23.3 Å². The Kier molecular flexibility index (Phi) is 3.18. The van der Waals surface area contributed by atoms with Crippen LogP contribution in [0.3, 0.4) is 0 Å². The number of aliphatic hydroxyl groups excluding tert-OH is 1. The van der Waals surface area contributed by atoms with Crippen molar-refractivity contribution in [1.29, 1.82) is 0 Å². The number of anilines is 1. The van der Waals surface area contributed by atoms with Gasteiger partial charge in [0, 0.05) is 20.2 Å². The van der Waals surface area contributed by atoms with E-state index in [4.69, 9.17) is 5.11 Å². The normalized spacial score (nSPS) is 13.7. The van der Waals surface area contributed by atoms with Crippen LogP contribution in [0.4, 0.5) is 18.9 Å². The predicted octanol–water partition coefficient (Wildman–Crippen LogP) is 1.16. The smallest absolute Gasteiger partial charge is 0.379 e. The zero-order chi connectivity index (χ0) is 11.6. The standard InChI is InChI=1S/C9H11F3N2O/c1-14(2)7-3-4-13-5-6(7)8(15)9(10,11)12/h3-5,8,15H,1-2H3/p+1/t8-/m1/s1. The maximum atomic E-state index is 12.3. The van der Waals surface area contributed by atoms with Crippen molar-refractivity contribution in [3.63, 3.8) is 0 Å². The van der Waals surface area contributed by atoms with E-state index in [-0.39, 0.29) is 5.56 Å². The van der Waals surface area contributed by atoms with Gasteiger partial charge in [-0.2, -0.15) is 13.2 Å². The number of pyridine rings is 1. The Labute approximate surface area is 85.2 Å². The van der Waals surface area contributed by atoms with E-state index >= 15 is 0 Å². The van der Waals surface area contributed by atoms with E-state index in [0.29, 0.717) is 5.69 Å². The molecular weight excluding hydrogens is 209 g/mol. The van der Waals surface area contributed by atoms with Crippen LogP contribution < -0.4 is 9.88 Å². The van der Waals surface area contributed by atoms with Gasteiger partial charge in [0.1, 0.15) is 0 Å². The highest BCUT2D eigenvalue weighted by Crippen LogP contribution is 2.35. The van der Waals surface area contributed by atoms with Crippen LogP contribution in [-0.2, 0) is 0 Å². The second-order valence-corrected chi connectivity index (χ2v) is 3.32. The topological polar surface area (TPSA) is 37.6 Å². The molecule has 0 saturated heterocycles. The third-order valence-electron chi connectivity index (χ3n) is 1.96. The third kappa shape index (κ3) is 2.59. The summed E-state index contributed by atoms with van der Waals surface area (Å²) in [6.45, 7) is 0. The molecule has 3 nitrogen and oxygen atoms in total. The molecule has 0 aliphatic rings. The van der Waals surface area contributed by atoms with Crippen LogP contribution in [0.5, 0.6) is 0 Å². The number of halogens is 3. The molecule has 0 aromatic carbocycles. The second kappa shape index (κ2) is 4.06. The minimum atomic E-state index is -4.65. The van der Waals surface area contributed by atoms with Gasteiger partial charge < -0.3 is 10.0 Å². The van der Waals surface area contributed by atoms with Crippen molar-refractivity contribution >= 4 is 5.69 Å². The third-order valence-corrected chi connectivity index (χ3v) is 1.96. The number of aromatic amines is 1. The zero-order valence-corrected chi connectivity index (χ0v) is 8.34. The predicted molar refractivity (Wildman–Crippen MR) is 48.3 cm³/mol. The Morgan fingerprint density at radius 1 is 1.40 bits per heavy atom. The van der Waals surface area contributed by atoms with Crippen molar-refractivity contribution in [3.8, 4) is 0 Å². The number of rotatable bonds is 2. The first-order valence-electron chi connectivity index (χ1n) is 4.26. The lowest BCUT2D eigenvalue weighted by Crippen LogP contribution is -2.25. The maximum absolute atomic E-state index is 12.3. The number of hydrogen-bond donors (Lipinski definition) is 1. The highest BCUT2D eigenvalue weighted by molar-refractivity contribution is 5.51. The minimum Gasteiger partial charge on any atom is -0.379 e. The van der Waals surface area contributed by atoms with Gasteiger partial charge in [0.2, 0.25) is 0 Å². The average molecular weight is 221 g/mol. The highest BCUT2D eigenvalue weighted by atomic mass is 19.4.